The maximum absolute atomic E-state index is 5.53. The third-order valence-electron chi connectivity index (χ3n) is 3.73. The Morgan fingerprint density at radius 1 is 1.17 bits per heavy atom. The molecule has 3 heteroatoms. The molecule has 0 aromatic carbocycles. The third kappa shape index (κ3) is 7.34. The largest absolute Gasteiger partial charge is 0.382 e. The SMILES string of the molecule is COCCOCCCC(CNC1CC1)C(C)(C)C. The van der Waals surface area contributed by atoms with E-state index < -0.39 is 0 Å². The highest BCUT2D eigenvalue weighted by atomic mass is 16.5. The van der Waals surface area contributed by atoms with E-state index >= 15 is 0 Å². The van der Waals surface area contributed by atoms with Crippen molar-refractivity contribution in [2.45, 2.75) is 52.5 Å². The molecule has 0 amide bonds. The van der Waals surface area contributed by atoms with Crippen LogP contribution in [0.3, 0.4) is 0 Å². The molecule has 1 aliphatic rings. The quantitative estimate of drug-likeness (QED) is 0.610. The van der Waals surface area contributed by atoms with Gasteiger partial charge in [-0.05, 0) is 43.6 Å². The fourth-order valence-corrected chi connectivity index (χ4v) is 2.11. The molecule has 1 N–H and O–H groups in total. The van der Waals surface area contributed by atoms with E-state index in [9.17, 15) is 0 Å². The average molecular weight is 257 g/mol. The van der Waals surface area contributed by atoms with E-state index in [1.165, 1.54) is 19.3 Å². The molecule has 0 aromatic rings. The van der Waals surface area contributed by atoms with E-state index in [0.29, 0.717) is 12.0 Å². The lowest BCUT2D eigenvalue weighted by Crippen LogP contribution is -2.33. The monoisotopic (exact) mass is 257 g/mol. The minimum atomic E-state index is 0.383. The molecule has 18 heavy (non-hydrogen) atoms. The van der Waals surface area contributed by atoms with Gasteiger partial charge in [0.2, 0.25) is 0 Å². The standard InChI is InChI=1S/C15H31NO2/c1-15(2,3)13(12-16-14-7-8-14)6-5-9-18-11-10-17-4/h13-14,16H,5-12H2,1-4H3. The fraction of sp³-hybridized carbons (Fsp3) is 1.00. The van der Waals surface area contributed by atoms with Gasteiger partial charge in [0.1, 0.15) is 0 Å². The summed E-state index contributed by atoms with van der Waals surface area (Å²) in [6, 6.07) is 0.813. The van der Waals surface area contributed by atoms with Crippen molar-refractivity contribution in [2.24, 2.45) is 11.3 Å². The smallest absolute Gasteiger partial charge is 0.0700 e. The second-order valence-electron chi connectivity index (χ2n) is 6.49. The Morgan fingerprint density at radius 2 is 1.89 bits per heavy atom. The van der Waals surface area contributed by atoms with Gasteiger partial charge in [-0.15, -0.1) is 0 Å². The predicted molar refractivity (Wildman–Crippen MR) is 75.9 cm³/mol. The van der Waals surface area contributed by atoms with E-state index in [1.807, 2.05) is 0 Å². The lowest BCUT2D eigenvalue weighted by molar-refractivity contribution is 0.0642. The fourth-order valence-electron chi connectivity index (χ4n) is 2.11. The molecule has 0 radical (unpaired) electrons. The molecule has 1 fully saturated rings. The van der Waals surface area contributed by atoms with E-state index in [1.54, 1.807) is 7.11 Å². The first-order valence-electron chi connectivity index (χ1n) is 7.34. The summed E-state index contributed by atoms with van der Waals surface area (Å²) in [6.07, 6.45) is 5.14. The number of hydrogen-bond acceptors (Lipinski definition) is 3. The van der Waals surface area contributed by atoms with Gasteiger partial charge in [0.25, 0.3) is 0 Å². The van der Waals surface area contributed by atoms with Crippen molar-refractivity contribution >= 4 is 0 Å². The third-order valence-corrected chi connectivity index (χ3v) is 3.73. The Labute approximate surface area is 113 Å². The van der Waals surface area contributed by atoms with Crippen LogP contribution in [0.15, 0.2) is 0 Å². The first-order chi connectivity index (χ1) is 8.54. The molecule has 108 valence electrons. The molecule has 1 aliphatic carbocycles. The first kappa shape index (κ1) is 15.9. The maximum Gasteiger partial charge on any atom is 0.0700 e. The minimum Gasteiger partial charge on any atom is -0.382 e. The summed E-state index contributed by atoms with van der Waals surface area (Å²) in [7, 11) is 1.71. The Hall–Kier alpha value is -0.120. The van der Waals surface area contributed by atoms with Gasteiger partial charge in [0.05, 0.1) is 13.2 Å². The van der Waals surface area contributed by atoms with Crippen LogP contribution in [0.4, 0.5) is 0 Å². The lowest BCUT2D eigenvalue weighted by Gasteiger charge is -2.31. The average Bonchev–Trinajstić information content (AvgIpc) is 3.09. The van der Waals surface area contributed by atoms with Crippen molar-refractivity contribution < 1.29 is 9.47 Å². The Balaban J connectivity index is 2.10. The zero-order chi connectivity index (χ0) is 13.4. The van der Waals surface area contributed by atoms with Gasteiger partial charge in [0.15, 0.2) is 0 Å². The number of nitrogens with one attached hydrogen (secondary N) is 1. The molecule has 0 aromatic heterocycles. The van der Waals surface area contributed by atoms with E-state index in [2.05, 4.69) is 26.1 Å². The summed E-state index contributed by atoms with van der Waals surface area (Å²) in [4.78, 5) is 0. The second kappa shape index (κ2) is 8.13. The van der Waals surface area contributed by atoms with Crippen LogP contribution in [0, 0.1) is 11.3 Å². The van der Waals surface area contributed by atoms with Crippen molar-refractivity contribution in [3.05, 3.63) is 0 Å². The Morgan fingerprint density at radius 3 is 2.44 bits per heavy atom. The van der Waals surface area contributed by atoms with Crippen molar-refractivity contribution in [1.82, 2.24) is 5.32 Å². The number of rotatable bonds is 10. The van der Waals surface area contributed by atoms with Crippen LogP contribution < -0.4 is 5.32 Å². The van der Waals surface area contributed by atoms with Gasteiger partial charge < -0.3 is 14.8 Å². The summed E-state index contributed by atoms with van der Waals surface area (Å²) >= 11 is 0. The molecule has 3 nitrogen and oxygen atoms in total. The van der Waals surface area contributed by atoms with E-state index in [4.69, 9.17) is 9.47 Å². The summed E-state index contributed by atoms with van der Waals surface area (Å²) in [5.74, 6) is 0.740. The molecule has 1 unspecified atom stereocenters. The number of hydrogen-bond donors (Lipinski definition) is 1. The first-order valence-corrected chi connectivity index (χ1v) is 7.34. The molecule has 0 saturated heterocycles. The molecular formula is C15H31NO2. The summed E-state index contributed by atoms with van der Waals surface area (Å²) in [5.41, 5.74) is 0.383. The summed E-state index contributed by atoms with van der Waals surface area (Å²) in [6.45, 7) is 10.5. The maximum atomic E-state index is 5.53. The van der Waals surface area contributed by atoms with Gasteiger partial charge in [-0.2, -0.15) is 0 Å². The van der Waals surface area contributed by atoms with Gasteiger partial charge >= 0.3 is 0 Å². The topological polar surface area (TPSA) is 30.5 Å². The van der Waals surface area contributed by atoms with Gasteiger partial charge in [-0.3, -0.25) is 0 Å². The van der Waals surface area contributed by atoms with Gasteiger partial charge in [-0.25, -0.2) is 0 Å². The van der Waals surface area contributed by atoms with Gasteiger partial charge in [-0.1, -0.05) is 20.8 Å². The molecule has 1 atom stereocenters. The summed E-state index contributed by atoms with van der Waals surface area (Å²) in [5, 5.41) is 3.66. The van der Waals surface area contributed by atoms with Gasteiger partial charge in [0, 0.05) is 19.8 Å². The van der Waals surface area contributed by atoms with Crippen LogP contribution in [-0.2, 0) is 9.47 Å². The van der Waals surface area contributed by atoms with Crippen LogP contribution >= 0.6 is 0 Å². The molecule has 1 rings (SSSR count). The van der Waals surface area contributed by atoms with Crippen molar-refractivity contribution in [1.29, 1.82) is 0 Å². The van der Waals surface area contributed by atoms with Crippen molar-refractivity contribution in [3.8, 4) is 0 Å². The normalized spacial score (nSPS) is 18.0. The molecule has 0 spiro atoms. The van der Waals surface area contributed by atoms with Crippen LogP contribution in [0.25, 0.3) is 0 Å². The van der Waals surface area contributed by atoms with E-state index in [-0.39, 0.29) is 0 Å². The van der Waals surface area contributed by atoms with Crippen LogP contribution in [0.2, 0.25) is 0 Å². The number of ether oxygens (including phenoxy) is 2. The van der Waals surface area contributed by atoms with Crippen molar-refractivity contribution in [3.63, 3.8) is 0 Å². The van der Waals surface area contributed by atoms with Crippen LogP contribution in [-0.4, -0.2) is 39.5 Å². The molecule has 1 saturated carbocycles. The zero-order valence-corrected chi connectivity index (χ0v) is 12.6. The van der Waals surface area contributed by atoms with Crippen molar-refractivity contribution in [2.75, 3.05) is 33.5 Å². The number of methoxy groups -OCH3 is 1. The second-order valence-corrected chi connectivity index (χ2v) is 6.49. The lowest BCUT2D eigenvalue weighted by atomic mass is 9.78. The molecule has 0 heterocycles. The summed E-state index contributed by atoms with van der Waals surface area (Å²) < 4.78 is 10.5. The molecule has 0 bridgehead atoms. The zero-order valence-electron chi connectivity index (χ0n) is 12.6. The molecular weight excluding hydrogens is 226 g/mol. The minimum absolute atomic E-state index is 0.383. The predicted octanol–water partition coefficient (Wildman–Crippen LogP) is 2.84. The highest BCUT2D eigenvalue weighted by molar-refractivity contribution is 4.84. The highest BCUT2D eigenvalue weighted by Gasteiger charge is 2.27. The van der Waals surface area contributed by atoms with Crippen LogP contribution in [0.5, 0.6) is 0 Å². The highest BCUT2D eigenvalue weighted by Crippen LogP contribution is 2.30. The van der Waals surface area contributed by atoms with E-state index in [0.717, 1.165) is 38.1 Å². The Bertz CT molecular complexity index is 209. The van der Waals surface area contributed by atoms with Crippen LogP contribution in [0.1, 0.15) is 46.5 Å². The Kier molecular flexibility index (Phi) is 7.20. The molecule has 0 aliphatic heterocycles.